The van der Waals surface area contributed by atoms with Gasteiger partial charge >= 0.3 is 6.03 Å². The summed E-state index contributed by atoms with van der Waals surface area (Å²) >= 11 is 1.22. The third kappa shape index (κ3) is 3.33. The normalized spacial score (nSPS) is 16.6. The summed E-state index contributed by atoms with van der Waals surface area (Å²) in [5.74, 6) is -0.275. The predicted molar refractivity (Wildman–Crippen MR) is 101 cm³/mol. The molecule has 0 unspecified atom stereocenters. The molecular weight excluding hydrogens is 352 g/mol. The number of carbonyl (C=O) groups is 2. The molecule has 3 amide bonds. The van der Waals surface area contributed by atoms with Crippen molar-refractivity contribution in [3.63, 3.8) is 0 Å². The molecular formula is C18H22N4O3S. The van der Waals surface area contributed by atoms with E-state index in [0.717, 1.165) is 6.42 Å². The fourth-order valence-electron chi connectivity index (χ4n) is 2.89. The molecule has 2 heterocycles. The molecule has 2 aromatic rings. The zero-order chi connectivity index (χ0) is 18.8. The number of amides is 3. The lowest BCUT2D eigenvalue weighted by molar-refractivity contribution is -0.126. The van der Waals surface area contributed by atoms with Gasteiger partial charge in [-0.1, -0.05) is 30.8 Å². The standard InChI is InChI=1S/C18H22N4O3S/c1-4-11(2)22-16(24)13-7-5-6-8-14(13)20-18(22)26-12(3)15(23)21-10-9-19-17(21)25/h5-8,11-12H,4,9-10H2,1-3H3,(H,19,25)/t11-,12+/m1/s1. The second kappa shape index (κ2) is 7.49. The highest BCUT2D eigenvalue weighted by Gasteiger charge is 2.31. The van der Waals surface area contributed by atoms with Crippen molar-refractivity contribution in [3.8, 4) is 0 Å². The Kier molecular flexibility index (Phi) is 5.31. The molecule has 1 fully saturated rings. The van der Waals surface area contributed by atoms with Gasteiger partial charge in [-0.2, -0.15) is 0 Å². The van der Waals surface area contributed by atoms with E-state index in [1.165, 1.54) is 16.7 Å². The number of benzene rings is 1. The van der Waals surface area contributed by atoms with Gasteiger partial charge in [0.05, 0.1) is 16.2 Å². The number of urea groups is 1. The Hall–Kier alpha value is -2.35. The highest BCUT2D eigenvalue weighted by Crippen LogP contribution is 2.27. The lowest BCUT2D eigenvalue weighted by Crippen LogP contribution is -2.39. The van der Waals surface area contributed by atoms with E-state index >= 15 is 0 Å². The molecule has 1 aromatic carbocycles. The lowest BCUT2D eigenvalue weighted by atomic mass is 10.2. The van der Waals surface area contributed by atoms with E-state index < -0.39 is 5.25 Å². The van der Waals surface area contributed by atoms with Crippen molar-refractivity contribution in [3.05, 3.63) is 34.6 Å². The molecule has 1 aliphatic heterocycles. The Morgan fingerprint density at radius 2 is 2.04 bits per heavy atom. The SMILES string of the molecule is CC[C@@H](C)n1c(S[C@@H](C)C(=O)N2CCNC2=O)nc2ccccc2c1=O. The van der Waals surface area contributed by atoms with E-state index in [9.17, 15) is 14.4 Å². The first-order valence-corrected chi connectivity index (χ1v) is 9.59. The Morgan fingerprint density at radius 1 is 1.31 bits per heavy atom. The van der Waals surface area contributed by atoms with Gasteiger partial charge in [-0.3, -0.25) is 19.1 Å². The zero-order valence-corrected chi connectivity index (χ0v) is 15.9. The topological polar surface area (TPSA) is 84.3 Å². The Morgan fingerprint density at radius 3 is 2.69 bits per heavy atom. The summed E-state index contributed by atoms with van der Waals surface area (Å²) in [6.07, 6.45) is 0.768. The van der Waals surface area contributed by atoms with E-state index in [1.54, 1.807) is 23.6 Å². The van der Waals surface area contributed by atoms with Gasteiger partial charge in [-0.15, -0.1) is 0 Å². The van der Waals surface area contributed by atoms with E-state index in [0.29, 0.717) is 29.1 Å². The van der Waals surface area contributed by atoms with Crippen LogP contribution >= 0.6 is 11.8 Å². The van der Waals surface area contributed by atoms with Gasteiger partial charge in [0.15, 0.2) is 5.16 Å². The number of hydrogen-bond acceptors (Lipinski definition) is 5. The number of aromatic nitrogens is 2. The Bertz CT molecular complexity index is 911. The summed E-state index contributed by atoms with van der Waals surface area (Å²) in [5, 5.41) is 3.17. The first kappa shape index (κ1) is 18.4. The van der Waals surface area contributed by atoms with E-state index in [4.69, 9.17) is 0 Å². The van der Waals surface area contributed by atoms with Gasteiger partial charge in [0.1, 0.15) is 0 Å². The molecule has 1 aliphatic rings. The first-order chi connectivity index (χ1) is 12.4. The van der Waals surface area contributed by atoms with Gasteiger partial charge in [0.25, 0.3) is 5.56 Å². The van der Waals surface area contributed by atoms with E-state index in [-0.39, 0.29) is 23.5 Å². The van der Waals surface area contributed by atoms with Crippen LogP contribution in [0.1, 0.15) is 33.2 Å². The van der Waals surface area contributed by atoms with Crippen molar-refractivity contribution in [1.82, 2.24) is 19.8 Å². The Balaban J connectivity index is 1.99. The maximum atomic E-state index is 13.0. The summed E-state index contributed by atoms with van der Waals surface area (Å²) < 4.78 is 1.65. The smallest absolute Gasteiger partial charge is 0.324 e. The molecule has 0 aliphatic carbocycles. The lowest BCUT2D eigenvalue weighted by Gasteiger charge is -2.21. The molecule has 1 N–H and O–H groups in total. The van der Waals surface area contributed by atoms with Crippen molar-refractivity contribution in [2.24, 2.45) is 0 Å². The largest absolute Gasteiger partial charge is 0.336 e. The second-order valence-electron chi connectivity index (χ2n) is 6.33. The van der Waals surface area contributed by atoms with Crippen LogP contribution < -0.4 is 10.9 Å². The molecule has 8 heteroatoms. The molecule has 1 saturated heterocycles. The molecule has 1 aromatic heterocycles. The molecule has 0 radical (unpaired) electrons. The molecule has 0 saturated carbocycles. The predicted octanol–water partition coefficient (Wildman–Crippen LogP) is 2.40. The minimum absolute atomic E-state index is 0.0421. The van der Waals surface area contributed by atoms with Crippen molar-refractivity contribution >= 4 is 34.6 Å². The minimum Gasteiger partial charge on any atom is -0.336 e. The summed E-state index contributed by atoms with van der Waals surface area (Å²) in [5.41, 5.74) is 0.504. The number of imide groups is 1. The monoisotopic (exact) mass is 374 g/mol. The average molecular weight is 374 g/mol. The molecule has 138 valence electrons. The molecule has 26 heavy (non-hydrogen) atoms. The van der Waals surface area contributed by atoms with Gasteiger partial charge in [0.2, 0.25) is 5.91 Å². The first-order valence-electron chi connectivity index (χ1n) is 8.71. The molecule has 3 rings (SSSR count). The molecule has 0 spiro atoms. The molecule has 0 bridgehead atoms. The number of nitrogens with zero attached hydrogens (tertiary/aromatic N) is 3. The van der Waals surface area contributed by atoms with Crippen LogP contribution in [-0.2, 0) is 4.79 Å². The van der Waals surface area contributed by atoms with Crippen LogP contribution in [0.15, 0.2) is 34.2 Å². The summed E-state index contributed by atoms with van der Waals surface area (Å²) in [7, 11) is 0. The fraction of sp³-hybridized carbons (Fsp3) is 0.444. The van der Waals surface area contributed by atoms with Crippen molar-refractivity contribution in [2.45, 2.75) is 43.6 Å². The maximum Gasteiger partial charge on any atom is 0.324 e. The van der Waals surface area contributed by atoms with Crippen molar-refractivity contribution in [1.29, 1.82) is 0 Å². The van der Waals surface area contributed by atoms with E-state index in [2.05, 4.69) is 10.3 Å². The van der Waals surface area contributed by atoms with Crippen LogP contribution in [0, 0.1) is 0 Å². The number of nitrogens with one attached hydrogen (secondary N) is 1. The highest BCUT2D eigenvalue weighted by molar-refractivity contribution is 8.00. The third-order valence-electron chi connectivity index (χ3n) is 4.56. The number of fused-ring (bicyclic) bond motifs is 1. The summed E-state index contributed by atoms with van der Waals surface area (Å²) in [4.78, 5) is 43.1. The van der Waals surface area contributed by atoms with Crippen LogP contribution in [0.3, 0.4) is 0 Å². The van der Waals surface area contributed by atoms with Crippen LogP contribution in [0.2, 0.25) is 0 Å². The number of thioether (sulfide) groups is 1. The number of rotatable bonds is 5. The maximum absolute atomic E-state index is 13.0. The van der Waals surface area contributed by atoms with Crippen LogP contribution in [-0.4, -0.2) is 44.7 Å². The zero-order valence-electron chi connectivity index (χ0n) is 15.1. The minimum atomic E-state index is -0.526. The van der Waals surface area contributed by atoms with Crippen LogP contribution in [0.5, 0.6) is 0 Å². The van der Waals surface area contributed by atoms with Gasteiger partial charge in [-0.05, 0) is 32.4 Å². The highest BCUT2D eigenvalue weighted by atomic mass is 32.2. The fourth-order valence-corrected chi connectivity index (χ4v) is 3.96. The number of para-hydroxylation sites is 1. The third-order valence-corrected chi connectivity index (χ3v) is 5.61. The van der Waals surface area contributed by atoms with Gasteiger partial charge < -0.3 is 5.32 Å². The Labute approximate surface area is 155 Å². The summed E-state index contributed by atoms with van der Waals surface area (Å²) in [6.45, 7) is 6.53. The van der Waals surface area contributed by atoms with Crippen molar-refractivity contribution in [2.75, 3.05) is 13.1 Å². The average Bonchev–Trinajstić information content (AvgIpc) is 3.06. The van der Waals surface area contributed by atoms with E-state index in [1.807, 2.05) is 26.0 Å². The number of carbonyl (C=O) groups excluding carboxylic acids is 2. The number of hydrogen-bond donors (Lipinski definition) is 1. The molecule has 2 atom stereocenters. The van der Waals surface area contributed by atoms with Crippen LogP contribution in [0.4, 0.5) is 4.79 Å². The van der Waals surface area contributed by atoms with Gasteiger partial charge in [-0.25, -0.2) is 9.78 Å². The molecule has 7 nitrogen and oxygen atoms in total. The summed E-state index contributed by atoms with van der Waals surface area (Å²) in [6, 6.07) is 6.80. The van der Waals surface area contributed by atoms with Crippen LogP contribution in [0.25, 0.3) is 10.9 Å². The van der Waals surface area contributed by atoms with Gasteiger partial charge in [0, 0.05) is 19.1 Å². The quantitative estimate of drug-likeness (QED) is 0.642. The van der Waals surface area contributed by atoms with Crippen molar-refractivity contribution < 1.29 is 9.59 Å². The second-order valence-corrected chi connectivity index (χ2v) is 7.63.